The van der Waals surface area contributed by atoms with Crippen LogP contribution in [0.25, 0.3) is 0 Å². The second-order valence-corrected chi connectivity index (χ2v) is 5.07. The van der Waals surface area contributed by atoms with Gasteiger partial charge in [0, 0.05) is 5.56 Å². The minimum absolute atomic E-state index is 0.0367. The number of rotatable bonds is 4. The number of methoxy groups -OCH3 is 2. The molecule has 1 fully saturated rings. The van der Waals surface area contributed by atoms with Crippen LogP contribution in [0.1, 0.15) is 10.9 Å². The summed E-state index contributed by atoms with van der Waals surface area (Å²) in [6.07, 6.45) is 0. The number of hydrogen-bond donors (Lipinski definition) is 0. The Bertz CT molecular complexity index is 491. The number of para-hydroxylation sites is 1. The second-order valence-electron chi connectivity index (χ2n) is 4.00. The number of esters is 1. The fraction of sp³-hybridized carbons (Fsp3) is 0.385. The zero-order chi connectivity index (χ0) is 13.8. The van der Waals surface area contributed by atoms with Crippen molar-refractivity contribution in [3.63, 3.8) is 0 Å². The Hall–Kier alpha value is -1.69. The molecule has 0 radical (unpaired) electrons. The van der Waals surface area contributed by atoms with Crippen LogP contribution in [0.15, 0.2) is 24.3 Å². The van der Waals surface area contributed by atoms with Crippen LogP contribution in [0.4, 0.5) is 0 Å². The van der Waals surface area contributed by atoms with Gasteiger partial charge in [-0.25, -0.2) is 0 Å². The third-order valence-corrected chi connectivity index (χ3v) is 4.14. The summed E-state index contributed by atoms with van der Waals surface area (Å²) in [6.45, 7) is -0.0367. The Balaban J connectivity index is 2.27. The molecule has 0 saturated carbocycles. The minimum Gasteiger partial charge on any atom is -0.496 e. The molecule has 1 aromatic rings. The second kappa shape index (κ2) is 5.97. The Morgan fingerprint density at radius 3 is 2.84 bits per heavy atom. The highest BCUT2D eigenvalue weighted by Crippen LogP contribution is 2.42. The summed E-state index contributed by atoms with van der Waals surface area (Å²) in [5.41, 5.74) is 0.893. The quantitative estimate of drug-likeness (QED) is 0.782. The molecule has 1 heterocycles. The van der Waals surface area contributed by atoms with E-state index in [4.69, 9.17) is 4.74 Å². The van der Waals surface area contributed by atoms with Crippen LogP contribution < -0.4 is 4.74 Å². The highest BCUT2D eigenvalue weighted by molar-refractivity contribution is 8.00. The lowest BCUT2D eigenvalue weighted by molar-refractivity contribution is -0.146. The van der Waals surface area contributed by atoms with Crippen LogP contribution in [0, 0.1) is 0 Å². The molecule has 0 N–H and O–H groups in total. The third kappa shape index (κ3) is 2.84. The first-order chi connectivity index (χ1) is 9.17. The van der Waals surface area contributed by atoms with Crippen molar-refractivity contribution in [3.8, 4) is 5.75 Å². The van der Waals surface area contributed by atoms with Gasteiger partial charge in [-0.15, -0.1) is 11.8 Å². The summed E-state index contributed by atoms with van der Waals surface area (Å²) in [4.78, 5) is 24.8. The van der Waals surface area contributed by atoms with Crippen molar-refractivity contribution in [1.82, 2.24) is 4.90 Å². The molecule has 19 heavy (non-hydrogen) atoms. The van der Waals surface area contributed by atoms with E-state index in [0.717, 1.165) is 5.56 Å². The van der Waals surface area contributed by atoms with Gasteiger partial charge in [-0.1, -0.05) is 18.2 Å². The van der Waals surface area contributed by atoms with E-state index in [1.165, 1.54) is 23.8 Å². The molecular weight excluding hydrogens is 266 g/mol. The molecule has 1 saturated heterocycles. The van der Waals surface area contributed by atoms with Crippen LogP contribution in [0.5, 0.6) is 5.75 Å². The summed E-state index contributed by atoms with van der Waals surface area (Å²) in [5, 5.41) is -0.206. The van der Waals surface area contributed by atoms with Gasteiger partial charge in [0.15, 0.2) is 0 Å². The normalized spacial score (nSPS) is 18.5. The highest BCUT2D eigenvalue weighted by atomic mass is 32.2. The van der Waals surface area contributed by atoms with Gasteiger partial charge in [0.25, 0.3) is 0 Å². The maximum Gasteiger partial charge on any atom is 0.325 e. The van der Waals surface area contributed by atoms with E-state index < -0.39 is 5.97 Å². The van der Waals surface area contributed by atoms with Crippen LogP contribution in [0.3, 0.4) is 0 Å². The molecule has 0 aromatic heterocycles. The van der Waals surface area contributed by atoms with Gasteiger partial charge in [-0.3, -0.25) is 9.59 Å². The van der Waals surface area contributed by atoms with Crippen molar-refractivity contribution < 1.29 is 19.1 Å². The zero-order valence-corrected chi connectivity index (χ0v) is 11.6. The lowest BCUT2D eigenvalue weighted by atomic mass is 10.2. The molecule has 1 aromatic carbocycles. The Morgan fingerprint density at radius 2 is 2.16 bits per heavy atom. The summed E-state index contributed by atoms with van der Waals surface area (Å²) in [5.74, 6) is 0.589. The summed E-state index contributed by atoms with van der Waals surface area (Å²) < 4.78 is 9.93. The number of carbonyl (C=O) groups is 2. The molecule has 1 atom stereocenters. The number of benzene rings is 1. The number of thioether (sulfide) groups is 1. The number of hydrogen-bond acceptors (Lipinski definition) is 5. The first-order valence-electron chi connectivity index (χ1n) is 5.78. The number of amides is 1. The van der Waals surface area contributed by atoms with Crippen molar-refractivity contribution >= 4 is 23.6 Å². The van der Waals surface area contributed by atoms with Crippen LogP contribution in [0.2, 0.25) is 0 Å². The van der Waals surface area contributed by atoms with Crippen molar-refractivity contribution in [1.29, 1.82) is 0 Å². The zero-order valence-electron chi connectivity index (χ0n) is 10.8. The van der Waals surface area contributed by atoms with Gasteiger partial charge < -0.3 is 14.4 Å². The summed E-state index contributed by atoms with van der Waals surface area (Å²) in [6, 6.07) is 7.50. The monoisotopic (exact) mass is 281 g/mol. The maximum atomic E-state index is 11.9. The SMILES string of the molecule is COC(=O)CN1C(=O)CSC1c1ccccc1OC. The van der Waals surface area contributed by atoms with E-state index in [2.05, 4.69) is 4.74 Å². The molecule has 5 nitrogen and oxygen atoms in total. The predicted molar refractivity (Wildman–Crippen MR) is 71.9 cm³/mol. The molecule has 1 amide bonds. The average Bonchev–Trinajstić information content (AvgIpc) is 2.80. The molecule has 2 rings (SSSR count). The topological polar surface area (TPSA) is 55.8 Å². The van der Waals surface area contributed by atoms with Crippen molar-refractivity contribution in [2.75, 3.05) is 26.5 Å². The number of carbonyl (C=O) groups excluding carboxylic acids is 2. The first-order valence-corrected chi connectivity index (χ1v) is 6.83. The largest absolute Gasteiger partial charge is 0.496 e. The summed E-state index contributed by atoms with van der Waals surface area (Å²) in [7, 11) is 2.90. The van der Waals surface area contributed by atoms with Crippen LogP contribution in [-0.4, -0.2) is 43.3 Å². The van der Waals surface area contributed by atoms with E-state index in [9.17, 15) is 9.59 Å². The number of nitrogens with zero attached hydrogens (tertiary/aromatic N) is 1. The molecular formula is C13H15NO4S. The fourth-order valence-electron chi connectivity index (χ4n) is 1.96. The molecule has 102 valence electrons. The van der Waals surface area contributed by atoms with Gasteiger partial charge in [-0.2, -0.15) is 0 Å². The molecule has 0 bridgehead atoms. The minimum atomic E-state index is -0.421. The molecule has 1 aliphatic heterocycles. The Kier molecular flexibility index (Phi) is 4.31. The van der Waals surface area contributed by atoms with E-state index >= 15 is 0 Å². The number of ether oxygens (including phenoxy) is 2. The van der Waals surface area contributed by atoms with Crippen molar-refractivity contribution in [2.24, 2.45) is 0 Å². The van der Waals surface area contributed by atoms with Gasteiger partial charge in [0.1, 0.15) is 17.7 Å². The smallest absolute Gasteiger partial charge is 0.325 e. The molecule has 0 aliphatic carbocycles. The van der Waals surface area contributed by atoms with Gasteiger partial charge in [0.05, 0.1) is 20.0 Å². The Morgan fingerprint density at radius 1 is 1.42 bits per heavy atom. The average molecular weight is 281 g/mol. The van der Waals surface area contributed by atoms with Crippen molar-refractivity contribution in [2.45, 2.75) is 5.37 Å². The van der Waals surface area contributed by atoms with Gasteiger partial charge >= 0.3 is 5.97 Å². The lowest BCUT2D eigenvalue weighted by Crippen LogP contribution is -2.34. The summed E-state index contributed by atoms with van der Waals surface area (Å²) >= 11 is 1.48. The lowest BCUT2D eigenvalue weighted by Gasteiger charge is -2.24. The molecule has 1 aliphatic rings. The predicted octanol–water partition coefficient (Wildman–Crippen LogP) is 1.44. The van der Waals surface area contributed by atoms with Gasteiger partial charge in [0.2, 0.25) is 5.91 Å². The maximum absolute atomic E-state index is 11.9. The first kappa shape index (κ1) is 13.7. The molecule has 0 spiro atoms. The fourth-order valence-corrected chi connectivity index (χ4v) is 3.17. The highest BCUT2D eigenvalue weighted by Gasteiger charge is 2.35. The van der Waals surface area contributed by atoms with E-state index in [0.29, 0.717) is 11.5 Å². The van der Waals surface area contributed by atoms with Gasteiger partial charge in [-0.05, 0) is 6.07 Å². The van der Waals surface area contributed by atoms with Crippen LogP contribution >= 0.6 is 11.8 Å². The van der Waals surface area contributed by atoms with E-state index in [1.807, 2.05) is 24.3 Å². The Labute approximate surface area is 115 Å². The molecule has 6 heteroatoms. The molecule has 1 unspecified atom stereocenters. The van der Waals surface area contributed by atoms with Crippen LogP contribution in [-0.2, 0) is 14.3 Å². The van der Waals surface area contributed by atoms with Crippen molar-refractivity contribution in [3.05, 3.63) is 29.8 Å². The van der Waals surface area contributed by atoms with E-state index in [1.54, 1.807) is 7.11 Å². The third-order valence-electron chi connectivity index (χ3n) is 2.90. The standard InChI is InChI=1S/C13H15NO4S/c1-17-10-6-4-3-5-9(10)13-14(7-12(16)18-2)11(15)8-19-13/h3-6,13H,7-8H2,1-2H3. The van der Waals surface area contributed by atoms with E-state index in [-0.39, 0.29) is 17.8 Å².